The quantitative estimate of drug-likeness (QED) is 0.506. The maximum atomic E-state index is 5.93. The van der Waals surface area contributed by atoms with Crippen molar-refractivity contribution in [2.75, 3.05) is 5.43 Å². The van der Waals surface area contributed by atoms with Crippen LogP contribution in [0.1, 0.15) is 5.56 Å². The van der Waals surface area contributed by atoms with E-state index in [0.29, 0.717) is 5.82 Å². The summed E-state index contributed by atoms with van der Waals surface area (Å²) in [6.07, 6.45) is 1.71. The van der Waals surface area contributed by atoms with Gasteiger partial charge in [0.1, 0.15) is 5.82 Å². The van der Waals surface area contributed by atoms with E-state index in [9.17, 15) is 0 Å². The molecule has 0 spiro atoms. The number of halogens is 1. The summed E-state index contributed by atoms with van der Waals surface area (Å²) in [6, 6.07) is 11.7. The third-order valence-corrected chi connectivity index (χ3v) is 3.50. The number of nitrogens with zero attached hydrogens (tertiary/aromatic N) is 1. The predicted octanol–water partition coefficient (Wildman–Crippen LogP) is 3.31. The minimum absolute atomic E-state index is 0.710. The fourth-order valence-corrected chi connectivity index (χ4v) is 2.60. The second kappa shape index (κ2) is 5.91. The SMILES string of the molecule is NNc1ncccc1CSc1cccc(Cl)c1. The number of hydrazine groups is 1. The third kappa shape index (κ3) is 3.36. The average molecular weight is 266 g/mol. The normalized spacial score (nSPS) is 10.2. The molecule has 1 aromatic carbocycles. The van der Waals surface area contributed by atoms with Crippen LogP contribution in [-0.2, 0) is 5.75 Å². The van der Waals surface area contributed by atoms with Crippen molar-refractivity contribution in [3.8, 4) is 0 Å². The van der Waals surface area contributed by atoms with Gasteiger partial charge >= 0.3 is 0 Å². The zero-order valence-electron chi connectivity index (χ0n) is 9.06. The molecule has 17 heavy (non-hydrogen) atoms. The lowest BCUT2D eigenvalue weighted by Crippen LogP contribution is -2.10. The summed E-state index contributed by atoms with van der Waals surface area (Å²) < 4.78 is 0. The average Bonchev–Trinajstić information content (AvgIpc) is 2.37. The van der Waals surface area contributed by atoms with Crippen LogP contribution in [0.15, 0.2) is 47.5 Å². The molecular formula is C12H12ClN3S. The fraction of sp³-hybridized carbons (Fsp3) is 0.0833. The summed E-state index contributed by atoms with van der Waals surface area (Å²) in [5.74, 6) is 6.91. The van der Waals surface area contributed by atoms with Crippen molar-refractivity contribution >= 4 is 29.2 Å². The van der Waals surface area contributed by atoms with Crippen LogP contribution in [0.3, 0.4) is 0 Å². The molecular weight excluding hydrogens is 254 g/mol. The minimum Gasteiger partial charge on any atom is -0.308 e. The Hall–Kier alpha value is -1.23. The lowest BCUT2D eigenvalue weighted by atomic mass is 10.3. The van der Waals surface area contributed by atoms with Gasteiger partial charge in [0.2, 0.25) is 0 Å². The van der Waals surface area contributed by atoms with Crippen LogP contribution in [0.25, 0.3) is 0 Å². The molecule has 0 saturated carbocycles. The maximum absolute atomic E-state index is 5.93. The number of hydrogen-bond donors (Lipinski definition) is 2. The van der Waals surface area contributed by atoms with E-state index in [4.69, 9.17) is 17.4 Å². The number of nitrogen functional groups attached to an aromatic ring is 1. The smallest absolute Gasteiger partial charge is 0.143 e. The molecule has 88 valence electrons. The highest BCUT2D eigenvalue weighted by Gasteiger charge is 2.02. The topological polar surface area (TPSA) is 50.9 Å². The van der Waals surface area contributed by atoms with Crippen molar-refractivity contribution in [3.05, 3.63) is 53.2 Å². The molecule has 1 aromatic heterocycles. The number of thioether (sulfide) groups is 1. The van der Waals surface area contributed by atoms with E-state index in [2.05, 4.69) is 10.4 Å². The van der Waals surface area contributed by atoms with Gasteiger partial charge in [-0.15, -0.1) is 11.8 Å². The maximum Gasteiger partial charge on any atom is 0.143 e. The summed E-state index contributed by atoms with van der Waals surface area (Å²) in [5.41, 5.74) is 3.66. The summed E-state index contributed by atoms with van der Waals surface area (Å²) in [6.45, 7) is 0. The number of hydrogen-bond acceptors (Lipinski definition) is 4. The van der Waals surface area contributed by atoms with Crippen LogP contribution in [0.2, 0.25) is 5.02 Å². The van der Waals surface area contributed by atoms with E-state index in [1.807, 2.05) is 36.4 Å². The largest absolute Gasteiger partial charge is 0.308 e. The summed E-state index contributed by atoms with van der Waals surface area (Å²) in [7, 11) is 0. The molecule has 3 N–H and O–H groups in total. The first-order chi connectivity index (χ1) is 8.29. The van der Waals surface area contributed by atoms with Gasteiger partial charge in [0.15, 0.2) is 0 Å². The predicted molar refractivity (Wildman–Crippen MR) is 73.1 cm³/mol. The third-order valence-electron chi connectivity index (χ3n) is 2.22. The van der Waals surface area contributed by atoms with Gasteiger partial charge in [-0.25, -0.2) is 10.8 Å². The highest BCUT2D eigenvalue weighted by atomic mass is 35.5. The molecule has 1 heterocycles. The lowest BCUT2D eigenvalue weighted by Gasteiger charge is -2.07. The highest BCUT2D eigenvalue weighted by molar-refractivity contribution is 7.98. The Bertz CT molecular complexity index is 505. The van der Waals surface area contributed by atoms with Gasteiger partial charge in [-0.3, -0.25) is 0 Å². The Labute approximate surface area is 109 Å². The standard InChI is InChI=1S/C12H12ClN3S/c13-10-4-1-5-11(7-10)17-8-9-3-2-6-15-12(9)16-14/h1-7H,8,14H2,(H,15,16). The van der Waals surface area contributed by atoms with Crippen LogP contribution < -0.4 is 11.3 Å². The van der Waals surface area contributed by atoms with E-state index in [1.165, 1.54) is 0 Å². The number of nitrogens with two attached hydrogens (primary N) is 1. The molecule has 0 amide bonds. The van der Waals surface area contributed by atoms with Gasteiger partial charge in [0.25, 0.3) is 0 Å². The Morgan fingerprint density at radius 1 is 1.29 bits per heavy atom. The van der Waals surface area contributed by atoms with Gasteiger partial charge in [0, 0.05) is 27.4 Å². The number of anilines is 1. The molecule has 3 nitrogen and oxygen atoms in total. The van der Waals surface area contributed by atoms with E-state index < -0.39 is 0 Å². The molecule has 0 radical (unpaired) electrons. The van der Waals surface area contributed by atoms with E-state index in [-0.39, 0.29) is 0 Å². The second-order valence-electron chi connectivity index (χ2n) is 3.40. The molecule has 5 heteroatoms. The monoisotopic (exact) mass is 265 g/mol. The van der Waals surface area contributed by atoms with Gasteiger partial charge in [0.05, 0.1) is 0 Å². The fourth-order valence-electron chi connectivity index (χ4n) is 1.40. The van der Waals surface area contributed by atoms with Crippen LogP contribution in [-0.4, -0.2) is 4.98 Å². The first-order valence-electron chi connectivity index (χ1n) is 5.08. The summed E-state index contributed by atoms with van der Waals surface area (Å²) >= 11 is 7.62. The first-order valence-corrected chi connectivity index (χ1v) is 6.45. The van der Waals surface area contributed by atoms with Crippen molar-refractivity contribution in [2.45, 2.75) is 10.6 Å². The molecule has 0 bridgehead atoms. The Kier molecular flexibility index (Phi) is 4.25. The molecule has 0 saturated heterocycles. The van der Waals surface area contributed by atoms with E-state index in [0.717, 1.165) is 21.2 Å². The number of benzene rings is 1. The number of pyridine rings is 1. The van der Waals surface area contributed by atoms with Crippen LogP contribution in [0.5, 0.6) is 0 Å². The number of rotatable bonds is 4. The van der Waals surface area contributed by atoms with Crippen molar-refractivity contribution in [2.24, 2.45) is 5.84 Å². The van der Waals surface area contributed by atoms with Gasteiger partial charge in [-0.2, -0.15) is 0 Å². The van der Waals surface area contributed by atoms with Crippen LogP contribution in [0, 0.1) is 0 Å². The molecule has 0 fully saturated rings. The molecule has 0 aliphatic rings. The Morgan fingerprint density at radius 3 is 2.94 bits per heavy atom. The lowest BCUT2D eigenvalue weighted by molar-refractivity contribution is 1.18. The van der Waals surface area contributed by atoms with Gasteiger partial charge in [-0.1, -0.05) is 23.7 Å². The van der Waals surface area contributed by atoms with Crippen molar-refractivity contribution < 1.29 is 0 Å². The van der Waals surface area contributed by atoms with E-state index >= 15 is 0 Å². The summed E-state index contributed by atoms with van der Waals surface area (Å²) in [5, 5.41) is 0.748. The minimum atomic E-state index is 0.710. The van der Waals surface area contributed by atoms with Gasteiger partial charge in [-0.05, 0) is 24.3 Å². The zero-order valence-corrected chi connectivity index (χ0v) is 10.6. The molecule has 0 atom stereocenters. The van der Waals surface area contributed by atoms with Crippen LogP contribution in [0.4, 0.5) is 5.82 Å². The molecule has 0 aliphatic carbocycles. The molecule has 2 rings (SSSR count). The van der Waals surface area contributed by atoms with Crippen molar-refractivity contribution in [1.82, 2.24) is 4.98 Å². The number of nitrogens with one attached hydrogen (secondary N) is 1. The zero-order chi connectivity index (χ0) is 12.1. The Balaban J connectivity index is 2.07. The second-order valence-corrected chi connectivity index (χ2v) is 4.89. The highest BCUT2D eigenvalue weighted by Crippen LogP contribution is 2.26. The molecule has 0 unspecified atom stereocenters. The summed E-state index contributed by atoms with van der Waals surface area (Å²) in [4.78, 5) is 5.28. The van der Waals surface area contributed by atoms with Crippen LogP contribution >= 0.6 is 23.4 Å². The van der Waals surface area contributed by atoms with Crippen molar-refractivity contribution in [1.29, 1.82) is 0 Å². The van der Waals surface area contributed by atoms with Gasteiger partial charge < -0.3 is 5.43 Å². The molecule has 0 aliphatic heterocycles. The number of aromatic nitrogens is 1. The molecule has 2 aromatic rings. The van der Waals surface area contributed by atoms with E-state index in [1.54, 1.807) is 18.0 Å². The van der Waals surface area contributed by atoms with Crippen molar-refractivity contribution in [3.63, 3.8) is 0 Å². The Morgan fingerprint density at radius 2 is 2.18 bits per heavy atom. The first kappa shape index (κ1) is 12.2.